The van der Waals surface area contributed by atoms with Crippen LogP contribution in [0.25, 0.3) is 0 Å². The Labute approximate surface area is 152 Å². The van der Waals surface area contributed by atoms with Crippen LogP contribution in [0.15, 0.2) is 17.9 Å². The van der Waals surface area contributed by atoms with Crippen molar-refractivity contribution in [1.82, 2.24) is 4.90 Å². The standard InChI is InChI=1S/C11H5Br4NO5/c12-5-3-4(6(13)8(15)7(5)14)10(19)16(9(3)18)2(1-17)11(20)21/h2,17H,1H2,(H,20,21)/t2-/m1/s1. The Balaban J connectivity index is 2.71. The number of aliphatic hydroxyl groups excluding tert-OH is 1. The third-order valence-corrected chi connectivity index (χ3v) is 7.67. The topological polar surface area (TPSA) is 94.9 Å². The maximum atomic E-state index is 12.4. The van der Waals surface area contributed by atoms with Crippen molar-refractivity contribution in [1.29, 1.82) is 0 Å². The van der Waals surface area contributed by atoms with Crippen LogP contribution in [0, 0.1) is 0 Å². The molecule has 2 amide bonds. The molecule has 0 unspecified atom stereocenters. The minimum absolute atomic E-state index is 0.0432. The van der Waals surface area contributed by atoms with Crippen LogP contribution in [0.4, 0.5) is 0 Å². The van der Waals surface area contributed by atoms with E-state index in [1.807, 2.05) is 0 Å². The van der Waals surface area contributed by atoms with Crippen molar-refractivity contribution in [2.24, 2.45) is 0 Å². The summed E-state index contributed by atoms with van der Waals surface area (Å²) in [7, 11) is 0. The number of hydrogen-bond donors (Lipinski definition) is 2. The summed E-state index contributed by atoms with van der Waals surface area (Å²) in [6, 6.07) is -1.63. The zero-order valence-electron chi connectivity index (χ0n) is 9.86. The molecule has 1 aliphatic heterocycles. The summed E-state index contributed by atoms with van der Waals surface area (Å²) in [6.45, 7) is -0.863. The number of carbonyl (C=O) groups excluding carboxylic acids is 2. The Morgan fingerprint density at radius 1 is 0.952 bits per heavy atom. The number of amides is 2. The van der Waals surface area contributed by atoms with Gasteiger partial charge < -0.3 is 10.2 Å². The van der Waals surface area contributed by atoms with Crippen LogP contribution in [-0.4, -0.2) is 45.5 Å². The quantitative estimate of drug-likeness (QED) is 0.343. The van der Waals surface area contributed by atoms with Crippen molar-refractivity contribution in [2.75, 3.05) is 6.61 Å². The van der Waals surface area contributed by atoms with Crippen LogP contribution in [0.3, 0.4) is 0 Å². The minimum Gasteiger partial charge on any atom is -0.480 e. The van der Waals surface area contributed by atoms with E-state index < -0.39 is 30.4 Å². The fourth-order valence-corrected chi connectivity index (χ4v) is 4.38. The SMILES string of the molecule is O=C(O)[C@@H](CO)N1C(=O)c2c(Br)c(Br)c(Br)c(Br)c2C1=O. The van der Waals surface area contributed by atoms with Gasteiger partial charge in [-0.2, -0.15) is 0 Å². The van der Waals surface area contributed by atoms with Gasteiger partial charge in [0.05, 0.1) is 17.7 Å². The second kappa shape index (κ2) is 6.07. The van der Waals surface area contributed by atoms with E-state index >= 15 is 0 Å². The number of aliphatic hydroxyl groups is 1. The predicted molar refractivity (Wildman–Crippen MR) is 86.3 cm³/mol. The first kappa shape index (κ1) is 17.1. The van der Waals surface area contributed by atoms with Gasteiger partial charge >= 0.3 is 5.97 Å². The summed E-state index contributed by atoms with van der Waals surface area (Å²) in [5.74, 6) is -3.02. The van der Waals surface area contributed by atoms with Crippen LogP contribution in [0.5, 0.6) is 0 Å². The molecule has 1 aromatic rings. The van der Waals surface area contributed by atoms with Crippen molar-refractivity contribution in [3.63, 3.8) is 0 Å². The molecule has 0 aliphatic carbocycles. The van der Waals surface area contributed by atoms with Gasteiger partial charge in [-0.3, -0.25) is 14.5 Å². The molecule has 112 valence electrons. The molecular weight excluding hydrogens is 546 g/mol. The number of nitrogens with zero attached hydrogens (tertiary/aromatic N) is 1. The van der Waals surface area contributed by atoms with E-state index in [0.717, 1.165) is 0 Å². The minimum atomic E-state index is -1.63. The van der Waals surface area contributed by atoms with E-state index in [-0.39, 0.29) is 11.1 Å². The van der Waals surface area contributed by atoms with Gasteiger partial charge in [0.1, 0.15) is 0 Å². The zero-order valence-corrected chi connectivity index (χ0v) is 16.2. The van der Waals surface area contributed by atoms with Crippen LogP contribution in [-0.2, 0) is 4.79 Å². The van der Waals surface area contributed by atoms with E-state index in [4.69, 9.17) is 10.2 Å². The highest BCUT2D eigenvalue weighted by Gasteiger charge is 2.46. The van der Waals surface area contributed by atoms with Gasteiger partial charge in [0.15, 0.2) is 6.04 Å². The summed E-state index contributed by atoms with van der Waals surface area (Å²) in [4.78, 5) is 36.4. The molecule has 1 atom stereocenters. The van der Waals surface area contributed by atoms with Gasteiger partial charge in [-0.15, -0.1) is 0 Å². The van der Waals surface area contributed by atoms with Gasteiger partial charge in [0.25, 0.3) is 11.8 Å². The molecule has 1 aliphatic rings. The van der Waals surface area contributed by atoms with Crippen LogP contribution >= 0.6 is 63.7 Å². The van der Waals surface area contributed by atoms with E-state index in [9.17, 15) is 14.4 Å². The molecule has 10 heteroatoms. The first-order valence-corrected chi connectivity index (χ1v) is 8.48. The van der Waals surface area contributed by atoms with Crippen molar-refractivity contribution in [3.8, 4) is 0 Å². The zero-order chi connectivity index (χ0) is 16.1. The Bertz CT molecular complexity index is 643. The number of rotatable bonds is 3. The average molecular weight is 551 g/mol. The third kappa shape index (κ3) is 2.50. The molecule has 0 spiro atoms. The number of benzene rings is 1. The number of aliphatic carboxylic acids is 1. The maximum Gasteiger partial charge on any atom is 0.329 e. The smallest absolute Gasteiger partial charge is 0.329 e. The van der Waals surface area contributed by atoms with Crippen molar-refractivity contribution < 1.29 is 24.6 Å². The fraction of sp³-hybridized carbons (Fsp3) is 0.182. The Morgan fingerprint density at radius 3 is 1.62 bits per heavy atom. The molecule has 1 heterocycles. The first-order chi connectivity index (χ1) is 9.73. The van der Waals surface area contributed by atoms with E-state index in [2.05, 4.69) is 63.7 Å². The monoisotopic (exact) mass is 547 g/mol. The number of carbonyl (C=O) groups is 3. The molecule has 0 fully saturated rings. The lowest BCUT2D eigenvalue weighted by atomic mass is 10.1. The number of halogens is 4. The second-order valence-corrected chi connectivity index (χ2v) is 7.19. The molecule has 21 heavy (non-hydrogen) atoms. The summed E-state index contributed by atoms with van der Waals surface area (Å²) in [5.41, 5.74) is 0.0864. The van der Waals surface area contributed by atoms with Crippen LogP contribution in [0.1, 0.15) is 20.7 Å². The maximum absolute atomic E-state index is 12.4. The Hall–Kier alpha value is -0.290. The summed E-state index contributed by atoms with van der Waals surface area (Å²) >= 11 is 12.9. The lowest BCUT2D eigenvalue weighted by Gasteiger charge is -2.20. The molecule has 6 nitrogen and oxygen atoms in total. The van der Waals surface area contributed by atoms with E-state index in [1.165, 1.54) is 0 Å². The summed E-state index contributed by atoms with van der Waals surface area (Å²) in [5, 5.41) is 18.2. The predicted octanol–water partition coefficient (Wildman–Crippen LogP) is 2.78. The third-order valence-electron chi connectivity index (χ3n) is 2.90. The number of imide groups is 1. The highest BCUT2D eigenvalue weighted by atomic mass is 79.9. The second-order valence-electron chi connectivity index (χ2n) is 4.02. The number of carboxylic acid groups (broad SMARTS) is 1. The molecule has 0 saturated heterocycles. The highest BCUT2D eigenvalue weighted by molar-refractivity contribution is 9.15. The number of fused-ring (bicyclic) bond motifs is 1. The average Bonchev–Trinajstić information content (AvgIpc) is 2.68. The highest BCUT2D eigenvalue weighted by Crippen LogP contribution is 2.45. The lowest BCUT2D eigenvalue weighted by molar-refractivity contribution is -0.142. The van der Waals surface area contributed by atoms with Gasteiger partial charge in [-0.05, 0) is 63.7 Å². The molecule has 0 aromatic heterocycles. The van der Waals surface area contributed by atoms with E-state index in [1.54, 1.807) is 0 Å². The molecular formula is C11H5Br4NO5. The molecule has 2 N–H and O–H groups in total. The van der Waals surface area contributed by atoms with Gasteiger partial charge in [-0.1, -0.05) is 0 Å². The van der Waals surface area contributed by atoms with Crippen molar-refractivity contribution >= 4 is 81.5 Å². The van der Waals surface area contributed by atoms with E-state index in [0.29, 0.717) is 22.8 Å². The molecule has 0 saturated carbocycles. The summed E-state index contributed by atoms with van der Waals surface area (Å²) < 4.78 is 1.67. The number of hydrogen-bond acceptors (Lipinski definition) is 4. The Kier molecular flexibility index (Phi) is 4.94. The Morgan fingerprint density at radius 2 is 1.33 bits per heavy atom. The first-order valence-electron chi connectivity index (χ1n) is 5.31. The molecule has 0 radical (unpaired) electrons. The summed E-state index contributed by atoms with van der Waals surface area (Å²) in [6.07, 6.45) is 0. The molecule has 0 bridgehead atoms. The van der Waals surface area contributed by atoms with Gasteiger partial charge in [0.2, 0.25) is 0 Å². The van der Waals surface area contributed by atoms with Crippen LogP contribution < -0.4 is 0 Å². The molecule has 2 rings (SSSR count). The van der Waals surface area contributed by atoms with Crippen molar-refractivity contribution in [3.05, 3.63) is 29.0 Å². The van der Waals surface area contributed by atoms with Crippen LogP contribution in [0.2, 0.25) is 0 Å². The van der Waals surface area contributed by atoms with Crippen molar-refractivity contribution in [2.45, 2.75) is 6.04 Å². The largest absolute Gasteiger partial charge is 0.480 e. The normalized spacial score (nSPS) is 15.4. The fourth-order valence-electron chi connectivity index (χ4n) is 1.92. The molecule has 1 aromatic carbocycles. The van der Waals surface area contributed by atoms with Gasteiger partial charge in [0, 0.05) is 17.9 Å². The number of carboxylic acids is 1. The van der Waals surface area contributed by atoms with Gasteiger partial charge in [-0.25, -0.2) is 4.79 Å². The lowest BCUT2D eigenvalue weighted by Crippen LogP contribution is -2.47.